The van der Waals surface area contributed by atoms with Gasteiger partial charge in [0.25, 0.3) is 5.91 Å². The Balaban J connectivity index is 1.96. The SMILES string of the molecule is CN(C(=O)c1cccnc1)c1ccc2c(c1)ncn2C. The van der Waals surface area contributed by atoms with Crippen molar-refractivity contribution in [2.75, 3.05) is 11.9 Å². The highest BCUT2D eigenvalue weighted by Gasteiger charge is 2.14. The van der Waals surface area contributed by atoms with Crippen LogP contribution in [0.3, 0.4) is 0 Å². The van der Waals surface area contributed by atoms with E-state index in [2.05, 4.69) is 9.97 Å². The van der Waals surface area contributed by atoms with E-state index in [-0.39, 0.29) is 5.91 Å². The number of hydrogen-bond donors (Lipinski definition) is 0. The summed E-state index contributed by atoms with van der Waals surface area (Å²) in [4.78, 5) is 22.2. The molecule has 100 valence electrons. The molecule has 0 N–H and O–H groups in total. The number of rotatable bonds is 2. The molecule has 5 heteroatoms. The quantitative estimate of drug-likeness (QED) is 0.714. The first-order valence-corrected chi connectivity index (χ1v) is 6.26. The smallest absolute Gasteiger partial charge is 0.259 e. The van der Waals surface area contributed by atoms with Gasteiger partial charge in [-0.1, -0.05) is 0 Å². The molecule has 2 aromatic heterocycles. The largest absolute Gasteiger partial charge is 0.334 e. The molecule has 3 aromatic rings. The van der Waals surface area contributed by atoms with Gasteiger partial charge in [0.15, 0.2) is 0 Å². The number of aryl methyl sites for hydroxylation is 1. The summed E-state index contributed by atoms with van der Waals surface area (Å²) in [6.07, 6.45) is 4.98. The maximum Gasteiger partial charge on any atom is 0.259 e. The molecule has 0 fully saturated rings. The second-order valence-electron chi connectivity index (χ2n) is 4.63. The number of benzene rings is 1. The average Bonchev–Trinajstić information content (AvgIpc) is 2.87. The highest BCUT2D eigenvalue weighted by molar-refractivity contribution is 6.06. The van der Waals surface area contributed by atoms with Gasteiger partial charge in [-0.05, 0) is 30.3 Å². The number of anilines is 1. The number of amides is 1. The molecule has 0 bridgehead atoms. The zero-order valence-electron chi connectivity index (χ0n) is 11.3. The number of aromatic nitrogens is 3. The fraction of sp³-hybridized carbons (Fsp3) is 0.133. The fourth-order valence-corrected chi connectivity index (χ4v) is 2.13. The minimum Gasteiger partial charge on any atom is -0.334 e. The third-order valence-electron chi connectivity index (χ3n) is 3.31. The van der Waals surface area contributed by atoms with Crippen LogP contribution < -0.4 is 4.90 Å². The highest BCUT2D eigenvalue weighted by atomic mass is 16.2. The Morgan fingerprint density at radius 1 is 1.30 bits per heavy atom. The molecule has 1 amide bonds. The van der Waals surface area contributed by atoms with E-state index in [4.69, 9.17) is 0 Å². The number of imidazole rings is 1. The van der Waals surface area contributed by atoms with Crippen LogP contribution in [0, 0.1) is 0 Å². The van der Waals surface area contributed by atoms with Gasteiger partial charge in [0, 0.05) is 32.2 Å². The molecule has 1 aromatic carbocycles. The number of hydrogen-bond acceptors (Lipinski definition) is 3. The van der Waals surface area contributed by atoms with Crippen LogP contribution in [-0.4, -0.2) is 27.5 Å². The topological polar surface area (TPSA) is 51.0 Å². The van der Waals surface area contributed by atoms with Gasteiger partial charge in [0.05, 0.1) is 22.9 Å². The maximum atomic E-state index is 12.3. The van der Waals surface area contributed by atoms with E-state index in [1.54, 1.807) is 42.8 Å². The third-order valence-corrected chi connectivity index (χ3v) is 3.31. The van der Waals surface area contributed by atoms with Crippen LogP contribution in [0.2, 0.25) is 0 Å². The van der Waals surface area contributed by atoms with Crippen LogP contribution in [-0.2, 0) is 7.05 Å². The van der Waals surface area contributed by atoms with Crippen molar-refractivity contribution in [2.24, 2.45) is 7.05 Å². The van der Waals surface area contributed by atoms with E-state index in [0.29, 0.717) is 5.56 Å². The van der Waals surface area contributed by atoms with Gasteiger partial charge >= 0.3 is 0 Å². The van der Waals surface area contributed by atoms with Gasteiger partial charge < -0.3 is 9.47 Å². The normalized spacial score (nSPS) is 10.7. The lowest BCUT2D eigenvalue weighted by atomic mass is 10.2. The molecule has 3 rings (SSSR count). The summed E-state index contributed by atoms with van der Waals surface area (Å²) in [5.74, 6) is -0.0895. The first-order valence-electron chi connectivity index (χ1n) is 6.26. The second-order valence-corrected chi connectivity index (χ2v) is 4.63. The van der Waals surface area contributed by atoms with Crippen molar-refractivity contribution >= 4 is 22.6 Å². The van der Waals surface area contributed by atoms with Gasteiger partial charge in [0.2, 0.25) is 0 Å². The van der Waals surface area contributed by atoms with Gasteiger partial charge in [-0.25, -0.2) is 4.98 Å². The summed E-state index contributed by atoms with van der Waals surface area (Å²) in [7, 11) is 3.69. The molecule has 0 aliphatic rings. The van der Waals surface area contributed by atoms with Crippen LogP contribution in [0.25, 0.3) is 11.0 Å². The molecular weight excluding hydrogens is 252 g/mol. The van der Waals surface area contributed by atoms with Crippen LogP contribution in [0.5, 0.6) is 0 Å². The van der Waals surface area contributed by atoms with Gasteiger partial charge in [-0.15, -0.1) is 0 Å². The average molecular weight is 266 g/mol. The minimum absolute atomic E-state index is 0.0895. The lowest BCUT2D eigenvalue weighted by Crippen LogP contribution is -2.26. The maximum absolute atomic E-state index is 12.3. The van der Waals surface area contributed by atoms with Crippen LogP contribution in [0.15, 0.2) is 49.1 Å². The molecule has 0 atom stereocenters. The van der Waals surface area contributed by atoms with E-state index < -0.39 is 0 Å². The van der Waals surface area contributed by atoms with Gasteiger partial charge in [-0.2, -0.15) is 0 Å². The van der Waals surface area contributed by atoms with Crippen molar-refractivity contribution in [3.8, 4) is 0 Å². The molecule has 0 saturated heterocycles. The fourth-order valence-electron chi connectivity index (χ4n) is 2.13. The third kappa shape index (κ3) is 2.03. The highest BCUT2D eigenvalue weighted by Crippen LogP contribution is 2.21. The lowest BCUT2D eigenvalue weighted by Gasteiger charge is -2.17. The molecule has 0 unspecified atom stereocenters. The number of nitrogens with zero attached hydrogens (tertiary/aromatic N) is 4. The zero-order chi connectivity index (χ0) is 14.1. The van der Waals surface area contributed by atoms with Crippen molar-refractivity contribution in [3.63, 3.8) is 0 Å². The molecule has 0 aliphatic carbocycles. The van der Waals surface area contributed by atoms with Gasteiger partial charge in [-0.3, -0.25) is 9.78 Å². The summed E-state index contributed by atoms with van der Waals surface area (Å²) in [5, 5.41) is 0. The molecule has 0 spiro atoms. The Morgan fingerprint density at radius 3 is 2.90 bits per heavy atom. The molecular formula is C15H14N4O. The van der Waals surface area contributed by atoms with Crippen LogP contribution in [0.1, 0.15) is 10.4 Å². The minimum atomic E-state index is -0.0895. The zero-order valence-corrected chi connectivity index (χ0v) is 11.3. The van der Waals surface area contributed by atoms with E-state index >= 15 is 0 Å². The molecule has 2 heterocycles. The Morgan fingerprint density at radius 2 is 2.15 bits per heavy atom. The predicted octanol–water partition coefficient (Wildman–Crippen LogP) is 2.24. The van der Waals surface area contributed by atoms with E-state index in [1.807, 2.05) is 29.8 Å². The van der Waals surface area contributed by atoms with Crippen LogP contribution >= 0.6 is 0 Å². The monoisotopic (exact) mass is 266 g/mol. The summed E-state index contributed by atoms with van der Waals surface area (Å²) >= 11 is 0. The molecule has 0 aliphatic heterocycles. The van der Waals surface area contributed by atoms with Crippen molar-refractivity contribution in [2.45, 2.75) is 0 Å². The first-order chi connectivity index (χ1) is 9.66. The van der Waals surface area contributed by atoms with E-state index in [9.17, 15) is 4.79 Å². The Kier molecular flexibility index (Phi) is 2.95. The summed E-state index contributed by atoms with van der Waals surface area (Å²) < 4.78 is 1.95. The Hall–Kier alpha value is -2.69. The molecule has 20 heavy (non-hydrogen) atoms. The van der Waals surface area contributed by atoms with Crippen LogP contribution in [0.4, 0.5) is 5.69 Å². The summed E-state index contributed by atoms with van der Waals surface area (Å²) in [6.45, 7) is 0. The molecule has 0 saturated carbocycles. The standard InChI is InChI=1S/C15H14N4O/c1-18-10-17-13-8-12(5-6-14(13)18)19(2)15(20)11-4-3-7-16-9-11/h3-10H,1-2H3. The predicted molar refractivity (Wildman–Crippen MR) is 77.7 cm³/mol. The number of pyridine rings is 1. The Bertz CT molecular complexity index is 764. The van der Waals surface area contributed by atoms with Crippen molar-refractivity contribution in [1.82, 2.24) is 14.5 Å². The number of carbonyl (C=O) groups is 1. The summed E-state index contributed by atoms with van der Waals surface area (Å²) in [5.41, 5.74) is 3.29. The first kappa shape index (κ1) is 12.3. The number of fused-ring (bicyclic) bond motifs is 1. The van der Waals surface area contributed by atoms with E-state index in [1.165, 1.54) is 0 Å². The second kappa shape index (κ2) is 4.77. The van der Waals surface area contributed by atoms with Crippen molar-refractivity contribution in [1.29, 1.82) is 0 Å². The summed E-state index contributed by atoms with van der Waals surface area (Å²) in [6, 6.07) is 9.29. The molecule has 5 nitrogen and oxygen atoms in total. The molecule has 0 radical (unpaired) electrons. The Labute approximate surface area is 116 Å². The van der Waals surface area contributed by atoms with E-state index in [0.717, 1.165) is 16.7 Å². The van der Waals surface area contributed by atoms with Crippen molar-refractivity contribution in [3.05, 3.63) is 54.6 Å². The van der Waals surface area contributed by atoms with Gasteiger partial charge in [0.1, 0.15) is 0 Å². The number of carbonyl (C=O) groups excluding carboxylic acids is 1. The lowest BCUT2D eigenvalue weighted by molar-refractivity contribution is 0.0992. The van der Waals surface area contributed by atoms with Crippen molar-refractivity contribution < 1.29 is 4.79 Å².